The molecule has 3 rings (SSSR count). The van der Waals surface area contributed by atoms with E-state index in [1.165, 1.54) is 5.56 Å². The highest BCUT2D eigenvalue weighted by atomic mass is 16.5. The van der Waals surface area contributed by atoms with Gasteiger partial charge in [-0.1, -0.05) is 42.5 Å². The molecule has 1 fully saturated rings. The minimum Gasteiger partial charge on any atom is -0.508 e. The molecule has 0 bridgehead atoms. The van der Waals surface area contributed by atoms with E-state index in [1.807, 2.05) is 38.4 Å². The number of phenolic OH excluding ortho intramolecular Hbond substituents is 1. The number of aliphatic hydroxyl groups is 1. The first-order valence-corrected chi connectivity index (χ1v) is 9.29. The van der Waals surface area contributed by atoms with Crippen LogP contribution in [0.5, 0.6) is 5.75 Å². The van der Waals surface area contributed by atoms with E-state index in [0.29, 0.717) is 13.0 Å². The first-order chi connectivity index (χ1) is 12.5. The Morgan fingerprint density at radius 3 is 2.58 bits per heavy atom. The van der Waals surface area contributed by atoms with Gasteiger partial charge in [-0.2, -0.15) is 0 Å². The van der Waals surface area contributed by atoms with E-state index in [-0.39, 0.29) is 17.8 Å². The van der Waals surface area contributed by atoms with Crippen molar-refractivity contribution in [2.45, 2.75) is 37.6 Å². The molecule has 2 aromatic rings. The first kappa shape index (κ1) is 18.9. The second-order valence-corrected chi connectivity index (χ2v) is 7.63. The predicted octanol–water partition coefficient (Wildman–Crippen LogP) is 3.53. The number of ether oxygens (including phenoxy) is 1. The quantitative estimate of drug-likeness (QED) is 0.832. The molecular formula is C22H29NO3. The van der Waals surface area contributed by atoms with Crippen LogP contribution in [0.3, 0.4) is 0 Å². The predicted molar refractivity (Wildman–Crippen MR) is 103 cm³/mol. The molecule has 2 aromatic carbocycles. The van der Waals surface area contributed by atoms with Gasteiger partial charge in [0, 0.05) is 12.5 Å². The first-order valence-electron chi connectivity index (χ1n) is 9.29. The maximum absolute atomic E-state index is 11.5. The summed E-state index contributed by atoms with van der Waals surface area (Å²) in [4.78, 5) is 2.11. The number of rotatable bonds is 6. The van der Waals surface area contributed by atoms with Gasteiger partial charge in [0.25, 0.3) is 0 Å². The molecule has 0 saturated heterocycles. The lowest BCUT2D eigenvalue weighted by molar-refractivity contribution is -0.110. The Labute approximate surface area is 156 Å². The smallest absolute Gasteiger partial charge is 0.115 e. The molecule has 0 heterocycles. The molecule has 0 aliphatic heterocycles. The van der Waals surface area contributed by atoms with Crippen molar-refractivity contribution in [3.63, 3.8) is 0 Å². The highest BCUT2D eigenvalue weighted by molar-refractivity contribution is 5.32. The summed E-state index contributed by atoms with van der Waals surface area (Å²) in [5, 5.41) is 21.3. The van der Waals surface area contributed by atoms with Gasteiger partial charge in [-0.05, 0) is 56.6 Å². The van der Waals surface area contributed by atoms with Crippen molar-refractivity contribution in [3.05, 3.63) is 65.7 Å². The van der Waals surface area contributed by atoms with Gasteiger partial charge >= 0.3 is 0 Å². The van der Waals surface area contributed by atoms with Crippen molar-refractivity contribution in [3.8, 4) is 5.75 Å². The Morgan fingerprint density at radius 2 is 1.88 bits per heavy atom. The number of hydrogen-bond acceptors (Lipinski definition) is 4. The van der Waals surface area contributed by atoms with Crippen molar-refractivity contribution in [2.75, 3.05) is 20.6 Å². The van der Waals surface area contributed by atoms with Gasteiger partial charge in [0.05, 0.1) is 18.3 Å². The van der Waals surface area contributed by atoms with E-state index in [9.17, 15) is 10.2 Å². The molecule has 0 unspecified atom stereocenters. The van der Waals surface area contributed by atoms with Crippen molar-refractivity contribution >= 4 is 0 Å². The highest BCUT2D eigenvalue weighted by Crippen LogP contribution is 2.43. The molecule has 0 spiro atoms. The summed E-state index contributed by atoms with van der Waals surface area (Å²) in [5.74, 6) is 0.246. The van der Waals surface area contributed by atoms with Crippen LogP contribution in [0, 0.1) is 5.92 Å². The lowest BCUT2D eigenvalue weighted by atomic mass is 9.70. The number of benzene rings is 2. The Bertz CT molecular complexity index is 704. The summed E-state index contributed by atoms with van der Waals surface area (Å²) in [7, 11) is 4.05. The van der Waals surface area contributed by atoms with Gasteiger partial charge in [0.15, 0.2) is 0 Å². The third kappa shape index (κ3) is 4.44. The fourth-order valence-electron chi connectivity index (χ4n) is 3.98. The van der Waals surface area contributed by atoms with Crippen molar-refractivity contribution in [1.82, 2.24) is 4.90 Å². The summed E-state index contributed by atoms with van der Waals surface area (Å²) >= 11 is 0. The van der Waals surface area contributed by atoms with Crippen LogP contribution in [0.15, 0.2) is 54.6 Å². The lowest BCUT2D eigenvalue weighted by Gasteiger charge is -2.44. The molecule has 3 atom stereocenters. The summed E-state index contributed by atoms with van der Waals surface area (Å²) in [6, 6.07) is 17.2. The fraction of sp³-hybridized carbons (Fsp3) is 0.455. The third-order valence-corrected chi connectivity index (χ3v) is 5.33. The lowest BCUT2D eigenvalue weighted by Crippen LogP contribution is -2.46. The number of phenols is 1. The zero-order chi connectivity index (χ0) is 18.6. The standard InChI is InChI=1S/C22H29NO3/c1-23(2)15-19-14-21(26-16-17-7-4-3-5-8-17)11-12-22(19,25)18-9-6-10-20(24)13-18/h3-10,13,19,21,24-25H,11-12,14-16H2,1-2H3/t19-,21+,22-/m0/s1. The van der Waals surface area contributed by atoms with Crippen LogP contribution in [-0.2, 0) is 16.9 Å². The molecular weight excluding hydrogens is 326 g/mol. The second-order valence-electron chi connectivity index (χ2n) is 7.63. The molecule has 1 aliphatic carbocycles. The SMILES string of the molecule is CN(C)C[C@@H]1C[C@H](OCc2ccccc2)CC[C@]1(O)c1cccc(O)c1. The molecule has 0 aromatic heterocycles. The van der Waals surface area contributed by atoms with Gasteiger partial charge in [0.1, 0.15) is 5.75 Å². The van der Waals surface area contributed by atoms with E-state index in [2.05, 4.69) is 17.0 Å². The van der Waals surface area contributed by atoms with Gasteiger partial charge in [-0.15, -0.1) is 0 Å². The van der Waals surface area contributed by atoms with Gasteiger partial charge in [-0.3, -0.25) is 0 Å². The molecule has 0 radical (unpaired) electrons. The summed E-state index contributed by atoms with van der Waals surface area (Å²) in [6.07, 6.45) is 2.38. The van der Waals surface area contributed by atoms with Crippen LogP contribution < -0.4 is 0 Å². The van der Waals surface area contributed by atoms with E-state index >= 15 is 0 Å². The minimum atomic E-state index is -0.935. The third-order valence-electron chi connectivity index (χ3n) is 5.33. The summed E-state index contributed by atoms with van der Waals surface area (Å²) in [6.45, 7) is 1.38. The normalized spacial score (nSPS) is 26.2. The molecule has 26 heavy (non-hydrogen) atoms. The van der Waals surface area contributed by atoms with Crippen LogP contribution in [-0.4, -0.2) is 41.9 Å². The van der Waals surface area contributed by atoms with Gasteiger partial charge in [0.2, 0.25) is 0 Å². The average molecular weight is 355 g/mol. The van der Waals surface area contributed by atoms with E-state index in [1.54, 1.807) is 18.2 Å². The average Bonchev–Trinajstić information content (AvgIpc) is 2.63. The summed E-state index contributed by atoms with van der Waals surface area (Å²) in [5.41, 5.74) is 1.03. The van der Waals surface area contributed by atoms with E-state index < -0.39 is 5.60 Å². The summed E-state index contributed by atoms with van der Waals surface area (Å²) < 4.78 is 6.15. The van der Waals surface area contributed by atoms with Crippen molar-refractivity contribution in [1.29, 1.82) is 0 Å². The fourth-order valence-corrected chi connectivity index (χ4v) is 3.98. The number of hydrogen-bond donors (Lipinski definition) is 2. The van der Waals surface area contributed by atoms with Crippen LogP contribution in [0.2, 0.25) is 0 Å². The molecule has 2 N–H and O–H groups in total. The topological polar surface area (TPSA) is 52.9 Å². The van der Waals surface area contributed by atoms with E-state index in [0.717, 1.165) is 24.9 Å². The van der Waals surface area contributed by atoms with Crippen molar-refractivity contribution in [2.24, 2.45) is 5.92 Å². The molecule has 1 saturated carbocycles. The van der Waals surface area contributed by atoms with Crippen LogP contribution >= 0.6 is 0 Å². The Balaban J connectivity index is 1.72. The van der Waals surface area contributed by atoms with Crippen LogP contribution in [0.4, 0.5) is 0 Å². The Morgan fingerprint density at radius 1 is 1.12 bits per heavy atom. The van der Waals surface area contributed by atoms with Crippen LogP contribution in [0.25, 0.3) is 0 Å². The van der Waals surface area contributed by atoms with Gasteiger partial charge in [-0.25, -0.2) is 0 Å². The molecule has 1 aliphatic rings. The van der Waals surface area contributed by atoms with Crippen molar-refractivity contribution < 1.29 is 14.9 Å². The second kappa shape index (κ2) is 8.21. The largest absolute Gasteiger partial charge is 0.508 e. The van der Waals surface area contributed by atoms with Crippen LogP contribution in [0.1, 0.15) is 30.4 Å². The Hall–Kier alpha value is -1.88. The molecule has 4 heteroatoms. The number of aromatic hydroxyl groups is 1. The molecule has 0 amide bonds. The minimum absolute atomic E-state index is 0.0498. The van der Waals surface area contributed by atoms with E-state index in [4.69, 9.17) is 4.74 Å². The monoisotopic (exact) mass is 355 g/mol. The Kier molecular flexibility index (Phi) is 5.97. The molecule has 140 valence electrons. The van der Waals surface area contributed by atoms with Gasteiger partial charge < -0.3 is 19.8 Å². The molecule has 4 nitrogen and oxygen atoms in total. The maximum atomic E-state index is 11.5. The number of nitrogens with zero attached hydrogens (tertiary/aromatic N) is 1. The zero-order valence-corrected chi connectivity index (χ0v) is 15.6. The highest BCUT2D eigenvalue weighted by Gasteiger charge is 2.44. The maximum Gasteiger partial charge on any atom is 0.115 e. The zero-order valence-electron chi connectivity index (χ0n) is 15.6.